The highest BCUT2D eigenvalue weighted by Crippen LogP contribution is 2.44. The highest BCUT2D eigenvalue weighted by Gasteiger charge is 2.47. The number of nitrogens with zero attached hydrogens (tertiary/aromatic N) is 2. The van der Waals surface area contributed by atoms with Gasteiger partial charge in [-0.15, -0.1) is 18.2 Å². The van der Waals surface area contributed by atoms with Gasteiger partial charge in [0.1, 0.15) is 0 Å². The number of para-hydroxylation sites is 1. The van der Waals surface area contributed by atoms with Crippen molar-refractivity contribution < 1.29 is 35.9 Å². The molecule has 0 spiro atoms. The van der Waals surface area contributed by atoms with E-state index < -0.39 is 45.2 Å². The molecule has 114 valence electrons. The molecule has 0 aromatic heterocycles. The van der Waals surface area contributed by atoms with Gasteiger partial charge in [-0.05, 0) is 12.1 Å². The van der Waals surface area contributed by atoms with E-state index in [9.17, 15) is 35.9 Å². The number of benzene rings is 1. The number of isocyanates is 1. The first kappa shape index (κ1) is 17.1. The van der Waals surface area contributed by atoms with Gasteiger partial charge in [0.15, 0.2) is 0 Å². The van der Waals surface area contributed by atoms with E-state index in [1.807, 2.05) is 0 Å². The molecule has 0 aliphatic rings. The molecule has 11 heteroatoms. The third-order valence-electron chi connectivity index (χ3n) is 1.93. The Morgan fingerprint density at radius 3 is 2.19 bits per heavy atom. The maximum Gasteiger partial charge on any atom is 0.495 e. The summed E-state index contributed by atoms with van der Waals surface area (Å²) in [6.07, 6.45) is -4.60. The van der Waals surface area contributed by atoms with Gasteiger partial charge in [-0.2, -0.15) is 13.2 Å². The van der Waals surface area contributed by atoms with Crippen molar-refractivity contribution in [2.45, 2.75) is 11.8 Å². The third kappa shape index (κ3) is 4.80. The van der Waals surface area contributed by atoms with Crippen LogP contribution in [-0.2, 0) is 4.79 Å². The first-order chi connectivity index (χ1) is 9.56. The fraction of sp³-hybridized carbons (Fsp3) is 0.200. The molecule has 0 unspecified atom stereocenters. The molecule has 1 amide bonds. The smallest absolute Gasteiger partial charge is 0.266 e. The maximum absolute atomic E-state index is 12.8. The van der Waals surface area contributed by atoms with Crippen LogP contribution in [0.1, 0.15) is 10.4 Å². The minimum Gasteiger partial charge on any atom is -0.266 e. The molecule has 0 saturated carbocycles. The van der Waals surface area contributed by atoms with Crippen molar-refractivity contribution in [1.82, 2.24) is 0 Å². The maximum atomic E-state index is 12.8. The van der Waals surface area contributed by atoms with Crippen LogP contribution >= 0.6 is 11.9 Å². The standard InChI is InChI=1S/C10H4F6N2O2S/c11-9(12,13)18(21-10(14,15)16)7-4-2-1-3-6(7)8(20)17-5-19/h1-4H. The molecule has 0 saturated heterocycles. The van der Waals surface area contributed by atoms with Gasteiger partial charge in [-0.3, -0.25) is 4.79 Å². The van der Waals surface area contributed by atoms with Gasteiger partial charge in [0.05, 0.1) is 23.2 Å². The van der Waals surface area contributed by atoms with Gasteiger partial charge in [0.2, 0.25) is 6.08 Å². The summed E-state index contributed by atoms with van der Waals surface area (Å²) < 4.78 is 74.0. The number of hydrogen-bond donors (Lipinski definition) is 0. The Labute approximate surface area is 117 Å². The molecule has 1 aromatic carbocycles. The quantitative estimate of drug-likeness (QED) is 0.279. The van der Waals surface area contributed by atoms with Gasteiger partial charge in [-0.25, -0.2) is 9.10 Å². The fourth-order valence-corrected chi connectivity index (χ4v) is 1.84. The second kappa shape index (κ2) is 6.19. The highest BCUT2D eigenvalue weighted by molar-refractivity contribution is 8.01. The molecule has 0 aliphatic carbocycles. The lowest BCUT2D eigenvalue weighted by molar-refractivity contribution is -0.117. The van der Waals surface area contributed by atoms with Crippen LogP contribution in [0.2, 0.25) is 0 Å². The number of anilines is 1. The predicted octanol–water partition coefficient (Wildman–Crippen LogP) is 3.66. The van der Waals surface area contributed by atoms with Crippen molar-refractivity contribution in [2.24, 2.45) is 4.99 Å². The van der Waals surface area contributed by atoms with Crippen LogP contribution < -0.4 is 4.31 Å². The fourth-order valence-electron chi connectivity index (χ4n) is 1.27. The van der Waals surface area contributed by atoms with Crippen molar-refractivity contribution in [2.75, 3.05) is 4.31 Å². The first-order valence-electron chi connectivity index (χ1n) is 4.90. The second-order valence-corrected chi connectivity index (χ2v) is 4.34. The number of carbonyl (C=O) groups is 1. The summed E-state index contributed by atoms with van der Waals surface area (Å²) in [5.74, 6) is -1.43. The van der Waals surface area contributed by atoms with Gasteiger partial charge in [-0.1, -0.05) is 12.1 Å². The number of carbonyl (C=O) groups excluding carboxylic acids is 2. The van der Waals surface area contributed by atoms with E-state index in [1.54, 1.807) is 0 Å². The summed E-state index contributed by atoms with van der Waals surface area (Å²) in [4.78, 5) is 23.9. The zero-order valence-corrected chi connectivity index (χ0v) is 10.5. The van der Waals surface area contributed by atoms with E-state index in [4.69, 9.17) is 0 Å². The summed E-state index contributed by atoms with van der Waals surface area (Å²) in [6, 6.07) is 3.59. The molecule has 21 heavy (non-hydrogen) atoms. The van der Waals surface area contributed by atoms with Gasteiger partial charge < -0.3 is 0 Å². The van der Waals surface area contributed by atoms with Crippen molar-refractivity contribution in [1.29, 1.82) is 0 Å². The van der Waals surface area contributed by atoms with Crippen LogP contribution in [0.4, 0.5) is 32.0 Å². The van der Waals surface area contributed by atoms with Crippen LogP contribution in [0, 0.1) is 0 Å². The Kier molecular flexibility index (Phi) is 5.02. The molecule has 0 radical (unpaired) electrons. The molecule has 0 atom stereocenters. The normalized spacial score (nSPS) is 11.7. The van der Waals surface area contributed by atoms with Gasteiger partial charge in [0, 0.05) is 0 Å². The lowest BCUT2D eigenvalue weighted by atomic mass is 10.1. The average Bonchev–Trinajstić information content (AvgIpc) is 2.34. The Hall–Kier alpha value is -2.00. The molecule has 0 fully saturated rings. The minimum atomic E-state index is -5.42. The van der Waals surface area contributed by atoms with Gasteiger partial charge >= 0.3 is 11.8 Å². The Morgan fingerprint density at radius 1 is 1.14 bits per heavy atom. The number of hydrogen-bond acceptors (Lipinski definition) is 4. The number of halogens is 6. The van der Waals surface area contributed by atoms with E-state index in [-0.39, 0.29) is 0 Å². The molecular formula is C10H4F6N2O2S. The summed E-state index contributed by atoms with van der Waals surface area (Å²) in [7, 11) is 0. The van der Waals surface area contributed by atoms with E-state index in [0.29, 0.717) is 6.07 Å². The molecule has 0 N–H and O–H groups in total. The monoisotopic (exact) mass is 330 g/mol. The zero-order chi connectivity index (χ0) is 16.3. The SMILES string of the molecule is O=C=NC(=O)c1ccccc1N(SC(F)(F)F)C(F)(F)F. The Balaban J connectivity index is 3.38. The van der Waals surface area contributed by atoms with Crippen molar-refractivity contribution >= 4 is 29.6 Å². The highest BCUT2D eigenvalue weighted by atomic mass is 32.2. The number of rotatable bonds is 3. The van der Waals surface area contributed by atoms with Crippen LogP contribution in [0.15, 0.2) is 29.3 Å². The third-order valence-corrected chi connectivity index (χ3v) is 2.72. The minimum absolute atomic E-state index is 0.653. The largest absolute Gasteiger partial charge is 0.495 e. The van der Waals surface area contributed by atoms with E-state index >= 15 is 0 Å². The zero-order valence-electron chi connectivity index (χ0n) is 9.70. The van der Waals surface area contributed by atoms with E-state index in [0.717, 1.165) is 24.3 Å². The van der Waals surface area contributed by atoms with Crippen LogP contribution in [0.3, 0.4) is 0 Å². The van der Waals surface area contributed by atoms with Crippen molar-refractivity contribution in [3.8, 4) is 0 Å². The molecular weight excluding hydrogens is 326 g/mol. The Bertz CT molecular complexity index is 580. The van der Waals surface area contributed by atoms with Crippen LogP contribution in [0.5, 0.6) is 0 Å². The summed E-state index contributed by atoms with van der Waals surface area (Å²) in [5.41, 5.74) is -7.13. The summed E-state index contributed by atoms with van der Waals surface area (Å²) >= 11 is -1.47. The van der Waals surface area contributed by atoms with Crippen LogP contribution in [0.25, 0.3) is 0 Å². The number of alkyl halides is 6. The molecule has 0 aliphatic heterocycles. The second-order valence-electron chi connectivity index (χ2n) is 3.32. The molecule has 1 rings (SSSR count). The summed E-state index contributed by atoms with van der Waals surface area (Å²) in [6.45, 7) is 0. The lowest BCUT2D eigenvalue weighted by Gasteiger charge is -2.27. The predicted molar refractivity (Wildman–Crippen MR) is 61.1 cm³/mol. The van der Waals surface area contributed by atoms with Crippen LogP contribution in [-0.4, -0.2) is 23.8 Å². The van der Waals surface area contributed by atoms with E-state index in [2.05, 4.69) is 4.99 Å². The van der Waals surface area contributed by atoms with Crippen molar-refractivity contribution in [3.05, 3.63) is 29.8 Å². The number of aliphatic imine (C=N–C) groups is 1. The molecule has 0 bridgehead atoms. The molecule has 0 heterocycles. The molecule has 1 aromatic rings. The first-order valence-corrected chi connectivity index (χ1v) is 5.67. The van der Waals surface area contributed by atoms with Gasteiger partial charge in [0.25, 0.3) is 5.91 Å². The number of amides is 1. The summed E-state index contributed by atoms with van der Waals surface area (Å²) in [5, 5.41) is 0. The van der Waals surface area contributed by atoms with E-state index in [1.165, 1.54) is 0 Å². The van der Waals surface area contributed by atoms with Crippen molar-refractivity contribution in [3.63, 3.8) is 0 Å². The Morgan fingerprint density at radius 2 is 1.71 bits per heavy atom. The molecule has 4 nitrogen and oxygen atoms in total. The topological polar surface area (TPSA) is 49.7 Å². The average molecular weight is 330 g/mol. The lowest BCUT2D eigenvalue weighted by Crippen LogP contribution is -2.35.